The maximum absolute atomic E-state index is 12.6. The maximum atomic E-state index is 12.6. The lowest BCUT2D eigenvalue weighted by Gasteiger charge is -2.36. The topological polar surface area (TPSA) is 67.9 Å². The van der Waals surface area contributed by atoms with E-state index in [1.54, 1.807) is 27.3 Å². The van der Waals surface area contributed by atoms with E-state index in [2.05, 4.69) is 26.1 Å². The number of benzene rings is 1. The van der Waals surface area contributed by atoms with Gasteiger partial charge in [-0.3, -0.25) is 9.59 Å². The summed E-state index contributed by atoms with van der Waals surface area (Å²) in [5, 5.41) is 3.06. The standard InChI is InChI=1S/C23H36N2O4/c1-23(2,3)18-10-8-17(9-11-18)22(27)24-14-16-7-12-19(20(13-16)28-6)29-15-21(26)25(4)5/h7,12-13,17-18H,8-11,14-15H2,1-6H3,(H,24,27). The quantitative estimate of drug-likeness (QED) is 0.754. The van der Waals surface area contributed by atoms with Crippen LogP contribution in [0, 0.1) is 17.3 Å². The molecule has 0 saturated heterocycles. The van der Waals surface area contributed by atoms with Crippen LogP contribution >= 0.6 is 0 Å². The minimum Gasteiger partial charge on any atom is -0.493 e. The van der Waals surface area contributed by atoms with Crippen LogP contribution < -0.4 is 14.8 Å². The Hall–Kier alpha value is -2.24. The Morgan fingerprint density at radius 2 is 1.76 bits per heavy atom. The van der Waals surface area contributed by atoms with Crippen molar-refractivity contribution in [2.24, 2.45) is 17.3 Å². The molecule has 1 N–H and O–H groups in total. The first-order valence-corrected chi connectivity index (χ1v) is 10.4. The van der Waals surface area contributed by atoms with E-state index in [-0.39, 0.29) is 24.3 Å². The molecule has 0 aliphatic heterocycles. The number of nitrogens with zero attached hydrogens (tertiary/aromatic N) is 1. The van der Waals surface area contributed by atoms with Crippen LogP contribution in [0.15, 0.2) is 18.2 Å². The minimum absolute atomic E-state index is 0.0450. The summed E-state index contributed by atoms with van der Waals surface area (Å²) in [4.78, 5) is 25.8. The van der Waals surface area contributed by atoms with Crippen LogP contribution in [0.3, 0.4) is 0 Å². The second-order valence-electron chi connectivity index (χ2n) is 9.19. The van der Waals surface area contributed by atoms with Crippen molar-refractivity contribution in [2.45, 2.75) is 53.0 Å². The Balaban J connectivity index is 1.87. The van der Waals surface area contributed by atoms with Gasteiger partial charge in [-0.25, -0.2) is 0 Å². The van der Waals surface area contributed by atoms with Crippen LogP contribution in [-0.2, 0) is 16.1 Å². The number of hydrogen-bond donors (Lipinski definition) is 1. The molecule has 1 aromatic rings. The van der Waals surface area contributed by atoms with E-state index in [1.165, 1.54) is 4.90 Å². The summed E-state index contributed by atoms with van der Waals surface area (Å²) in [5.41, 5.74) is 1.25. The average molecular weight is 405 g/mol. The minimum atomic E-state index is -0.121. The van der Waals surface area contributed by atoms with Crippen LogP contribution in [0.5, 0.6) is 11.5 Å². The smallest absolute Gasteiger partial charge is 0.259 e. The molecule has 1 saturated carbocycles. The SMILES string of the molecule is COc1cc(CNC(=O)C2CCC(C(C)(C)C)CC2)ccc1OCC(=O)N(C)C. The number of ether oxygens (including phenoxy) is 2. The first-order valence-electron chi connectivity index (χ1n) is 10.4. The Kier molecular flexibility index (Phi) is 7.94. The van der Waals surface area contributed by atoms with Gasteiger partial charge in [0.25, 0.3) is 5.91 Å². The molecule has 6 nitrogen and oxygen atoms in total. The lowest BCUT2D eigenvalue weighted by atomic mass is 9.69. The van der Waals surface area contributed by atoms with Crippen molar-refractivity contribution in [3.8, 4) is 11.5 Å². The summed E-state index contributed by atoms with van der Waals surface area (Å²) >= 11 is 0. The predicted molar refractivity (Wildman–Crippen MR) is 114 cm³/mol. The zero-order valence-electron chi connectivity index (χ0n) is 18.7. The molecule has 2 rings (SSSR count). The molecule has 0 unspecified atom stereocenters. The molecule has 162 valence electrons. The van der Waals surface area contributed by atoms with Gasteiger partial charge < -0.3 is 19.7 Å². The van der Waals surface area contributed by atoms with Crippen molar-refractivity contribution in [2.75, 3.05) is 27.8 Å². The van der Waals surface area contributed by atoms with E-state index in [4.69, 9.17) is 9.47 Å². The number of rotatable bonds is 7. The molecule has 0 aromatic heterocycles. The van der Waals surface area contributed by atoms with Gasteiger partial charge in [-0.2, -0.15) is 0 Å². The van der Waals surface area contributed by atoms with Gasteiger partial charge in [0.2, 0.25) is 5.91 Å². The number of amides is 2. The van der Waals surface area contributed by atoms with E-state index >= 15 is 0 Å². The highest BCUT2D eigenvalue weighted by molar-refractivity contribution is 5.78. The van der Waals surface area contributed by atoms with Crippen molar-refractivity contribution in [3.05, 3.63) is 23.8 Å². The lowest BCUT2D eigenvalue weighted by molar-refractivity contribution is -0.130. The highest BCUT2D eigenvalue weighted by atomic mass is 16.5. The Bertz CT molecular complexity index is 701. The van der Waals surface area contributed by atoms with Gasteiger partial charge in [-0.15, -0.1) is 0 Å². The van der Waals surface area contributed by atoms with Crippen molar-refractivity contribution >= 4 is 11.8 Å². The van der Waals surface area contributed by atoms with Gasteiger partial charge in [0.1, 0.15) is 0 Å². The highest BCUT2D eigenvalue weighted by Crippen LogP contribution is 2.39. The van der Waals surface area contributed by atoms with Crippen molar-refractivity contribution < 1.29 is 19.1 Å². The first-order chi connectivity index (χ1) is 13.6. The number of methoxy groups -OCH3 is 1. The molecular weight excluding hydrogens is 368 g/mol. The van der Waals surface area contributed by atoms with Crippen molar-refractivity contribution in [3.63, 3.8) is 0 Å². The lowest BCUT2D eigenvalue weighted by Crippen LogP contribution is -2.35. The molecule has 0 heterocycles. The molecule has 1 aromatic carbocycles. The first kappa shape index (κ1) is 23.0. The Morgan fingerprint density at radius 1 is 1.10 bits per heavy atom. The summed E-state index contributed by atoms with van der Waals surface area (Å²) < 4.78 is 10.9. The molecule has 0 spiro atoms. The van der Waals surface area contributed by atoms with Crippen LogP contribution in [0.25, 0.3) is 0 Å². The summed E-state index contributed by atoms with van der Waals surface area (Å²) in [6.07, 6.45) is 4.16. The average Bonchev–Trinajstić information content (AvgIpc) is 2.69. The molecule has 0 radical (unpaired) electrons. The Labute approximate surface area is 174 Å². The third-order valence-corrected chi connectivity index (χ3v) is 5.87. The van der Waals surface area contributed by atoms with Crippen LogP contribution in [0.2, 0.25) is 0 Å². The number of hydrogen-bond acceptors (Lipinski definition) is 4. The summed E-state index contributed by atoms with van der Waals surface area (Å²) in [6.45, 7) is 7.27. The summed E-state index contributed by atoms with van der Waals surface area (Å²) in [5.74, 6) is 1.88. The van der Waals surface area contributed by atoms with Gasteiger partial charge in [0, 0.05) is 26.6 Å². The van der Waals surface area contributed by atoms with Gasteiger partial charge >= 0.3 is 0 Å². The molecule has 29 heavy (non-hydrogen) atoms. The molecular formula is C23H36N2O4. The van der Waals surface area contributed by atoms with Crippen molar-refractivity contribution in [1.82, 2.24) is 10.2 Å². The van der Waals surface area contributed by atoms with Gasteiger partial charge in [-0.05, 0) is 54.7 Å². The number of likely N-dealkylation sites (N-methyl/N-ethyl adjacent to an activating group) is 1. The number of carbonyl (C=O) groups excluding carboxylic acids is 2. The molecule has 6 heteroatoms. The number of carbonyl (C=O) groups is 2. The molecule has 1 aliphatic rings. The van der Waals surface area contributed by atoms with Crippen LogP contribution in [-0.4, -0.2) is 44.5 Å². The van der Waals surface area contributed by atoms with Crippen LogP contribution in [0.1, 0.15) is 52.0 Å². The van der Waals surface area contributed by atoms with Crippen LogP contribution in [0.4, 0.5) is 0 Å². The Morgan fingerprint density at radius 3 is 2.31 bits per heavy atom. The van der Waals surface area contributed by atoms with E-state index in [0.29, 0.717) is 29.4 Å². The van der Waals surface area contributed by atoms with Gasteiger partial charge in [0.15, 0.2) is 18.1 Å². The number of nitrogens with one attached hydrogen (secondary N) is 1. The molecule has 0 atom stereocenters. The zero-order chi connectivity index (χ0) is 21.6. The third-order valence-electron chi connectivity index (χ3n) is 5.87. The predicted octanol–water partition coefficient (Wildman–Crippen LogP) is 3.63. The van der Waals surface area contributed by atoms with Gasteiger partial charge in [0.05, 0.1) is 7.11 Å². The highest BCUT2D eigenvalue weighted by Gasteiger charge is 2.32. The monoisotopic (exact) mass is 404 g/mol. The van der Waals surface area contributed by atoms with Crippen molar-refractivity contribution in [1.29, 1.82) is 0 Å². The summed E-state index contributed by atoms with van der Waals surface area (Å²) in [6, 6.07) is 5.50. The van der Waals surface area contributed by atoms with E-state index < -0.39 is 0 Å². The molecule has 0 bridgehead atoms. The van der Waals surface area contributed by atoms with E-state index in [9.17, 15) is 9.59 Å². The van der Waals surface area contributed by atoms with Gasteiger partial charge in [-0.1, -0.05) is 26.8 Å². The molecule has 1 fully saturated rings. The normalized spacial score (nSPS) is 19.4. The second-order valence-corrected chi connectivity index (χ2v) is 9.19. The fraction of sp³-hybridized carbons (Fsp3) is 0.652. The second kappa shape index (κ2) is 9.99. The largest absolute Gasteiger partial charge is 0.493 e. The zero-order valence-corrected chi connectivity index (χ0v) is 18.7. The maximum Gasteiger partial charge on any atom is 0.259 e. The van der Waals surface area contributed by atoms with E-state index in [0.717, 1.165) is 31.2 Å². The third kappa shape index (κ3) is 6.65. The van der Waals surface area contributed by atoms with E-state index in [1.807, 2.05) is 12.1 Å². The molecule has 2 amide bonds. The fourth-order valence-electron chi connectivity index (χ4n) is 3.76. The fourth-order valence-corrected chi connectivity index (χ4v) is 3.76. The summed E-state index contributed by atoms with van der Waals surface area (Å²) in [7, 11) is 4.93. The molecule has 1 aliphatic carbocycles.